The molecular formula is C25H23F3N2O5. The molecule has 10 heteroatoms. The van der Waals surface area contributed by atoms with Gasteiger partial charge in [-0.05, 0) is 66.8 Å². The summed E-state index contributed by atoms with van der Waals surface area (Å²) in [5.74, 6) is -1.70. The van der Waals surface area contributed by atoms with Crippen LogP contribution in [0, 0.1) is 6.92 Å². The van der Waals surface area contributed by atoms with Crippen molar-refractivity contribution in [2.75, 3.05) is 24.7 Å². The third kappa shape index (κ3) is 5.07. The van der Waals surface area contributed by atoms with E-state index >= 15 is 0 Å². The molecule has 1 aromatic carbocycles. The second kappa shape index (κ2) is 9.53. The number of carboxylic acids is 1. The van der Waals surface area contributed by atoms with Crippen LogP contribution < -0.4 is 4.90 Å². The van der Waals surface area contributed by atoms with E-state index < -0.39 is 12.1 Å². The van der Waals surface area contributed by atoms with Crippen LogP contribution in [0.2, 0.25) is 0 Å². The maximum atomic E-state index is 13.2. The Hall–Kier alpha value is -3.66. The Kier molecular flexibility index (Phi) is 6.66. The summed E-state index contributed by atoms with van der Waals surface area (Å²) in [5, 5.41) is 7.12. The lowest BCUT2D eigenvalue weighted by Gasteiger charge is -2.34. The smallest absolute Gasteiger partial charge is 0.475 e. The summed E-state index contributed by atoms with van der Waals surface area (Å²) in [6.07, 6.45) is 0.402. The number of fused-ring (bicyclic) bond motifs is 2. The van der Waals surface area contributed by atoms with Crippen molar-refractivity contribution >= 4 is 17.6 Å². The van der Waals surface area contributed by atoms with Crippen LogP contribution in [0.3, 0.4) is 0 Å². The number of ether oxygens (including phenoxy) is 1. The van der Waals surface area contributed by atoms with Gasteiger partial charge in [-0.15, -0.1) is 0 Å². The summed E-state index contributed by atoms with van der Waals surface area (Å²) in [7, 11) is 0. The molecular weight excluding hydrogens is 465 g/mol. The van der Waals surface area contributed by atoms with E-state index in [1.165, 1.54) is 5.56 Å². The van der Waals surface area contributed by atoms with Crippen molar-refractivity contribution in [3.8, 4) is 11.1 Å². The lowest BCUT2D eigenvalue weighted by atomic mass is 9.75. The van der Waals surface area contributed by atoms with E-state index in [2.05, 4.69) is 29.2 Å². The second-order valence-electron chi connectivity index (χ2n) is 8.47. The Morgan fingerprint density at radius 2 is 1.80 bits per heavy atom. The molecule has 184 valence electrons. The number of aromatic nitrogens is 1. The topological polar surface area (TPSA) is 92.9 Å². The second-order valence-corrected chi connectivity index (χ2v) is 8.47. The molecule has 0 radical (unpaired) electrons. The summed E-state index contributed by atoms with van der Waals surface area (Å²) < 4.78 is 43.0. The van der Waals surface area contributed by atoms with Crippen molar-refractivity contribution in [1.82, 2.24) is 4.98 Å². The van der Waals surface area contributed by atoms with Crippen molar-refractivity contribution in [2.24, 2.45) is 0 Å². The fraction of sp³-hybridized carbons (Fsp3) is 0.320. The van der Waals surface area contributed by atoms with Crippen LogP contribution in [0.15, 0.2) is 59.3 Å². The predicted molar refractivity (Wildman–Crippen MR) is 120 cm³/mol. The van der Waals surface area contributed by atoms with Gasteiger partial charge in [0.2, 0.25) is 0 Å². The Morgan fingerprint density at radius 1 is 1.09 bits per heavy atom. The highest BCUT2D eigenvalue weighted by molar-refractivity contribution is 6.06. The van der Waals surface area contributed by atoms with Gasteiger partial charge < -0.3 is 19.2 Å². The molecule has 3 aromatic rings. The van der Waals surface area contributed by atoms with Crippen molar-refractivity contribution in [2.45, 2.75) is 31.4 Å². The highest BCUT2D eigenvalue weighted by Gasteiger charge is 2.46. The number of carbonyl (C=O) groups excluding carboxylic acids is 1. The molecule has 4 heterocycles. The Bertz CT molecular complexity index is 1220. The SMILES string of the molecule is Cc1ccc(C(=O)N2CC3(CCOCC3)c3cc(-c4cccnc4)ccc32)o1.O=C(O)C(F)(F)F. The lowest BCUT2D eigenvalue weighted by Crippen LogP contribution is -2.40. The van der Waals surface area contributed by atoms with E-state index in [1.807, 2.05) is 30.2 Å². The van der Waals surface area contributed by atoms with Gasteiger partial charge in [-0.2, -0.15) is 13.2 Å². The van der Waals surface area contributed by atoms with Crippen molar-refractivity contribution in [3.63, 3.8) is 0 Å². The third-order valence-corrected chi connectivity index (χ3v) is 6.20. The zero-order valence-corrected chi connectivity index (χ0v) is 18.8. The summed E-state index contributed by atoms with van der Waals surface area (Å²) in [4.78, 5) is 28.2. The fourth-order valence-corrected chi connectivity index (χ4v) is 4.44. The first kappa shape index (κ1) is 24.5. The first-order valence-corrected chi connectivity index (χ1v) is 10.9. The van der Waals surface area contributed by atoms with Crippen molar-refractivity contribution < 1.29 is 37.0 Å². The van der Waals surface area contributed by atoms with E-state index in [9.17, 15) is 18.0 Å². The Morgan fingerprint density at radius 3 is 2.37 bits per heavy atom. The number of rotatable bonds is 2. The molecule has 1 spiro atoms. The normalized spacial score (nSPS) is 16.4. The predicted octanol–water partition coefficient (Wildman–Crippen LogP) is 4.99. The standard InChI is InChI=1S/C23H22N2O3.C2HF3O2/c1-16-4-7-21(28-16)22(26)25-15-23(8-11-27-12-9-23)19-13-17(5-6-20(19)25)18-3-2-10-24-14-18;3-2(4,5)1(6)7/h2-7,10,13-14H,8-9,11-12,15H2,1H3;(H,6,7). The summed E-state index contributed by atoms with van der Waals surface area (Å²) in [6.45, 7) is 3.96. The number of carboxylic acid groups (broad SMARTS) is 1. The van der Waals surface area contributed by atoms with Gasteiger partial charge in [0.25, 0.3) is 5.91 Å². The average molecular weight is 488 g/mol. The molecule has 35 heavy (non-hydrogen) atoms. The number of anilines is 1. The number of alkyl halides is 3. The van der Waals surface area contributed by atoms with Gasteiger partial charge in [0, 0.05) is 43.3 Å². The summed E-state index contributed by atoms with van der Waals surface area (Å²) in [5.41, 5.74) is 4.35. The van der Waals surface area contributed by atoms with E-state index in [0.717, 1.165) is 48.6 Å². The molecule has 7 nitrogen and oxygen atoms in total. The third-order valence-electron chi connectivity index (χ3n) is 6.20. The number of pyridine rings is 1. The van der Waals surface area contributed by atoms with Gasteiger partial charge in [0.15, 0.2) is 5.76 Å². The lowest BCUT2D eigenvalue weighted by molar-refractivity contribution is -0.192. The number of furan rings is 1. The number of carbonyl (C=O) groups is 2. The minimum absolute atomic E-state index is 0.0664. The molecule has 5 rings (SSSR count). The van der Waals surface area contributed by atoms with E-state index in [0.29, 0.717) is 12.3 Å². The molecule has 0 unspecified atom stereocenters. The van der Waals surface area contributed by atoms with E-state index in [4.69, 9.17) is 19.1 Å². The highest BCUT2D eigenvalue weighted by Crippen LogP contribution is 2.48. The molecule has 0 saturated carbocycles. The largest absolute Gasteiger partial charge is 0.490 e. The highest BCUT2D eigenvalue weighted by atomic mass is 19.4. The average Bonchev–Trinajstić information content (AvgIpc) is 3.41. The monoisotopic (exact) mass is 488 g/mol. The Labute approximate surface area is 199 Å². The number of aliphatic carboxylic acids is 1. The fourth-order valence-electron chi connectivity index (χ4n) is 4.44. The van der Waals surface area contributed by atoms with Crippen LogP contribution in [0.4, 0.5) is 18.9 Å². The zero-order valence-electron chi connectivity index (χ0n) is 18.8. The number of aryl methyl sites for hydroxylation is 1. The van der Waals surface area contributed by atoms with E-state index in [-0.39, 0.29) is 11.3 Å². The molecule has 0 atom stereocenters. The molecule has 1 N–H and O–H groups in total. The van der Waals surface area contributed by atoms with Crippen molar-refractivity contribution in [3.05, 3.63) is 71.9 Å². The van der Waals surface area contributed by atoms with Gasteiger partial charge in [-0.25, -0.2) is 4.79 Å². The molecule has 2 aliphatic heterocycles. The van der Waals surface area contributed by atoms with Crippen LogP contribution in [0.5, 0.6) is 0 Å². The van der Waals surface area contributed by atoms with Crippen LogP contribution in [-0.4, -0.2) is 47.9 Å². The van der Waals surface area contributed by atoms with Crippen LogP contribution in [0.25, 0.3) is 11.1 Å². The maximum Gasteiger partial charge on any atom is 0.490 e. The minimum atomic E-state index is -5.08. The Balaban J connectivity index is 0.000000364. The minimum Gasteiger partial charge on any atom is -0.475 e. The van der Waals surface area contributed by atoms with Crippen LogP contribution in [0.1, 0.15) is 34.7 Å². The number of hydrogen-bond donors (Lipinski definition) is 1. The first-order chi connectivity index (χ1) is 16.6. The number of benzene rings is 1. The first-order valence-electron chi connectivity index (χ1n) is 10.9. The maximum absolute atomic E-state index is 13.2. The van der Waals surface area contributed by atoms with Gasteiger partial charge in [-0.1, -0.05) is 12.1 Å². The molecule has 0 bridgehead atoms. The number of amides is 1. The van der Waals surface area contributed by atoms with Gasteiger partial charge in [0.1, 0.15) is 5.76 Å². The molecule has 2 aromatic heterocycles. The van der Waals surface area contributed by atoms with Gasteiger partial charge in [0.05, 0.1) is 0 Å². The molecule has 1 fully saturated rings. The van der Waals surface area contributed by atoms with Gasteiger partial charge >= 0.3 is 12.1 Å². The zero-order chi connectivity index (χ0) is 25.2. The van der Waals surface area contributed by atoms with Crippen LogP contribution >= 0.6 is 0 Å². The molecule has 2 aliphatic rings. The molecule has 0 aliphatic carbocycles. The summed E-state index contributed by atoms with van der Waals surface area (Å²) >= 11 is 0. The molecule has 1 saturated heterocycles. The number of nitrogens with zero attached hydrogens (tertiary/aromatic N) is 2. The van der Waals surface area contributed by atoms with Gasteiger partial charge in [-0.3, -0.25) is 9.78 Å². The quantitative estimate of drug-likeness (QED) is 0.546. The van der Waals surface area contributed by atoms with Crippen molar-refractivity contribution in [1.29, 1.82) is 0 Å². The van der Waals surface area contributed by atoms with E-state index in [1.54, 1.807) is 12.3 Å². The summed E-state index contributed by atoms with van der Waals surface area (Å²) in [6, 6.07) is 14.0. The molecule has 1 amide bonds. The van der Waals surface area contributed by atoms with Crippen LogP contribution in [-0.2, 0) is 14.9 Å². The number of hydrogen-bond acceptors (Lipinski definition) is 5. The number of halogens is 3.